The second-order valence-electron chi connectivity index (χ2n) is 5.99. The Morgan fingerprint density at radius 1 is 1.29 bits per heavy atom. The maximum atomic E-state index is 12.0. The summed E-state index contributed by atoms with van der Waals surface area (Å²) in [4.78, 5) is 23.0. The lowest BCUT2D eigenvalue weighted by Crippen LogP contribution is -2.36. The molecule has 1 aliphatic heterocycles. The van der Waals surface area contributed by atoms with Crippen molar-refractivity contribution < 1.29 is 4.79 Å². The molecule has 0 aromatic carbocycles. The van der Waals surface area contributed by atoms with Crippen molar-refractivity contribution in [1.29, 1.82) is 0 Å². The van der Waals surface area contributed by atoms with Crippen molar-refractivity contribution in [2.24, 2.45) is 0 Å². The summed E-state index contributed by atoms with van der Waals surface area (Å²) in [6.45, 7) is 4.55. The first-order chi connectivity index (χ1) is 11.7. The van der Waals surface area contributed by atoms with Crippen LogP contribution in [0.3, 0.4) is 0 Å². The van der Waals surface area contributed by atoms with E-state index in [0.717, 1.165) is 29.5 Å². The summed E-state index contributed by atoms with van der Waals surface area (Å²) in [7, 11) is 0. The van der Waals surface area contributed by atoms with Crippen LogP contribution in [0.25, 0.3) is 0 Å². The van der Waals surface area contributed by atoms with Crippen LogP contribution in [0, 0.1) is 0 Å². The molecular weight excluding hydrogens is 322 g/mol. The van der Waals surface area contributed by atoms with Gasteiger partial charge in [0.25, 0.3) is 0 Å². The molecule has 7 heteroatoms. The Bertz CT molecular complexity index is 655. The van der Waals surface area contributed by atoms with Crippen molar-refractivity contribution in [2.45, 2.75) is 38.8 Å². The molecule has 0 spiro atoms. The van der Waals surface area contributed by atoms with Crippen molar-refractivity contribution in [2.75, 3.05) is 18.0 Å². The van der Waals surface area contributed by atoms with E-state index in [2.05, 4.69) is 31.6 Å². The van der Waals surface area contributed by atoms with Gasteiger partial charge in [-0.25, -0.2) is 14.8 Å². The number of nitrogens with one attached hydrogen (secondary N) is 2. The molecule has 2 aromatic rings. The van der Waals surface area contributed by atoms with E-state index in [1.54, 1.807) is 6.20 Å². The standard InChI is InChI=1S/C17H23N5OS/c1-13(16-19-7-10-24-16)21-17(23)20-12-14-5-6-18-15(11-14)22-8-3-2-4-9-22/h5-7,10-11,13H,2-4,8-9,12H2,1H3,(H2,20,21,23). The van der Waals surface area contributed by atoms with Crippen molar-refractivity contribution in [3.63, 3.8) is 0 Å². The molecule has 0 bridgehead atoms. The van der Waals surface area contributed by atoms with Gasteiger partial charge in [-0.2, -0.15) is 0 Å². The van der Waals surface area contributed by atoms with E-state index in [1.165, 1.54) is 30.6 Å². The maximum absolute atomic E-state index is 12.0. The molecule has 24 heavy (non-hydrogen) atoms. The SMILES string of the molecule is CC(NC(=O)NCc1ccnc(N2CCCCC2)c1)c1nccs1. The molecule has 6 nitrogen and oxygen atoms in total. The Kier molecular flexibility index (Phi) is 5.63. The molecule has 3 heterocycles. The van der Waals surface area contributed by atoms with Crippen LogP contribution in [0.5, 0.6) is 0 Å². The van der Waals surface area contributed by atoms with Crippen LogP contribution in [0.2, 0.25) is 0 Å². The third-order valence-electron chi connectivity index (χ3n) is 4.11. The summed E-state index contributed by atoms with van der Waals surface area (Å²) < 4.78 is 0. The van der Waals surface area contributed by atoms with Gasteiger partial charge in [0.05, 0.1) is 6.04 Å². The van der Waals surface area contributed by atoms with E-state index in [9.17, 15) is 4.79 Å². The average molecular weight is 345 g/mol. The number of pyridine rings is 1. The highest BCUT2D eigenvalue weighted by Crippen LogP contribution is 2.18. The van der Waals surface area contributed by atoms with Crippen LogP contribution in [0.15, 0.2) is 29.9 Å². The lowest BCUT2D eigenvalue weighted by atomic mass is 10.1. The van der Waals surface area contributed by atoms with Crippen molar-refractivity contribution in [3.05, 3.63) is 40.5 Å². The van der Waals surface area contributed by atoms with Crippen molar-refractivity contribution in [3.8, 4) is 0 Å². The summed E-state index contributed by atoms with van der Waals surface area (Å²) in [6, 6.07) is 3.73. The number of hydrogen-bond acceptors (Lipinski definition) is 5. The first-order valence-electron chi connectivity index (χ1n) is 8.36. The Morgan fingerprint density at radius 2 is 2.12 bits per heavy atom. The van der Waals surface area contributed by atoms with Crippen LogP contribution >= 0.6 is 11.3 Å². The van der Waals surface area contributed by atoms with Crippen LogP contribution < -0.4 is 15.5 Å². The van der Waals surface area contributed by atoms with E-state index in [4.69, 9.17) is 0 Å². The zero-order valence-electron chi connectivity index (χ0n) is 13.9. The number of carbonyl (C=O) groups is 1. The minimum Gasteiger partial charge on any atom is -0.357 e. The zero-order valence-corrected chi connectivity index (χ0v) is 14.7. The minimum atomic E-state index is -0.186. The molecular formula is C17H23N5OS. The predicted octanol–water partition coefficient (Wildman–Crippen LogP) is 3.09. The van der Waals surface area contributed by atoms with Crippen LogP contribution in [0.1, 0.15) is 42.8 Å². The topological polar surface area (TPSA) is 70.2 Å². The number of hydrogen-bond donors (Lipinski definition) is 2. The van der Waals surface area contributed by atoms with Crippen LogP contribution in [-0.2, 0) is 6.54 Å². The molecule has 1 atom stereocenters. The molecule has 1 aliphatic rings. The molecule has 1 unspecified atom stereocenters. The fourth-order valence-corrected chi connectivity index (χ4v) is 3.45. The Morgan fingerprint density at radius 3 is 2.88 bits per heavy atom. The largest absolute Gasteiger partial charge is 0.357 e. The quantitative estimate of drug-likeness (QED) is 0.874. The minimum absolute atomic E-state index is 0.0913. The lowest BCUT2D eigenvalue weighted by molar-refractivity contribution is 0.237. The first-order valence-corrected chi connectivity index (χ1v) is 9.24. The highest BCUT2D eigenvalue weighted by molar-refractivity contribution is 7.09. The first kappa shape index (κ1) is 16.7. The maximum Gasteiger partial charge on any atom is 0.315 e. The van der Waals surface area contributed by atoms with E-state index in [-0.39, 0.29) is 12.1 Å². The molecule has 2 N–H and O–H groups in total. The van der Waals surface area contributed by atoms with Gasteiger partial charge in [-0.05, 0) is 43.9 Å². The average Bonchev–Trinajstić information content (AvgIpc) is 3.16. The predicted molar refractivity (Wildman–Crippen MR) is 96.2 cm³/mol. The highest BCUT2D eigenvalue weighted by atomic mass is 32.1. The number of anilines is 1. The van der Waals surface area contributed by atoms with Crippen molar-refractivity contribution >= 4 is 23.2 Å². The summed E-state index contributed by atoms with van der Waals surface area (Å²) in [6.07, 6.45) is 7.31. The molecule has 0 radical (unpaired) electrons. The van der Waals surface area contributed by atoms with Gasteiger partial charge in [0.2, 0.25) is 0 Å². The van der Waals surface area contributed by atoms with Crippen LogP contribution in [-0.4, -0.2) is 29.1 Å². The molecule has 2 amide bonds. The Labute approximate surface area is 146 Å². The van der Waals surface area contributed by atoms with E-state index >= 15 is 0 Å². The highest BCUT2D eigenvalue weighted by Gasteiger charge is 2.13. The normalized spacial score (nSPS) is 15.8. The number of thiazole rings is 1. The molecule has 1 fully saturated rings. The number of carbonyl (C=O) groups excluding carboxylic acids is 1. The van der Waals surface area contributed by atoms with E-state index in [1.807, 2.05) is 24.6 Å². The summed E-state index contributed by atoms with van der Waals surface area (Å²) in [5.41, 5.74) is 1.06. The molecule has 0 saturated carbocycles. The molecule has 3 rings (SSSR count). The van der Waals surface area contributed by atoms with Gasteiger partial charge in [-0.1, -0.05) is 0 Å². The second-order valence-corrected chi connectivity index (χ2v) is 6.92. The molecule has 2 aromatic heterocycles. The Hall–Kier alpha value is -2.15. The van der Waals surface area contributed by atoms with E-state index in [0.29, 0.717) is 6.54 Å². The Balaban J connectivity index is 1.51. The van der Waals surface area contributed by atoms with Gasteiger partial charge in [-0.15, -0.1) is 11.3 Å². The number of piperidine rings is 1. The van der Waals surface area contributed by atoms with Gasteiger partial charge in [-0.3, -0.25) is 0 Å². The van der Waals surface area contributed by atoms with Crippen LogP contribution in [0.4, 0.5) is 10.6 Å². The van der Waals surface area contributed by atoms with Gasteiger partial charge in [0.15, 0.2) is 0 Å². The summed E-state index contributed by atoms with van der Waals surface area (Å²) >= 11 is 1.54. The smallest absolute Gasteiger partial charge is 0.315 e. The number of amides is 2. The fourth-order valence-electron chi connectivity index (χ4n) is 2.81. The molecule has 0 aliphatic carbocycles. The summed E-state index contributed by atoms with van der Waals surface area (Å²) in [5.74, 6) is 1.01. The van der Waals surface area contributed by atoms with Gasteiger partial charge in [0.1, 0.15) is 10.8 Å². The zero-order chi connectivity index (χ0) is 16.8. The number of urea groups is 1. The third kappa shape index (κ3) is 4.44. The van der Waals surface area contributed by atoms with Crippen molar-refractivity contribution in [1.82, 2.24) is 20.6 Å². The number of nitrogens with zero attached hydrogens (tertiary/aromatic N) is 3. The fraction of sp³-hybridized carbons (Fsp3) is 0.471. The van der Waals surface area contributed by atoms with E-state index < -0.39 is 0 Å². The van der Waals surface area contributed by atoms with Gasteiger partial charge >= 0.3 is 6.03 Å². The third-order valence-corrected chi connectivity index (χ3v) is 5.07. The number of aromatic nitrogens is 2. The van der Waals surface area contributed by atoms with Gasteiger partial charge in [0, 0.05) is 37.4 Å². The number of rotatable bonds is 5. The second kappa shape index (κ2) is 8.10. The van der Waals surface area contributed by atoms with Gasteiger partial charge < -0.3 is 15.5 Å². The molecule has 1 saturated heterocycles. The summed E-state index contributed by atoms with van der Waals surface area (Å²) in [5, 5.41) is 8.62. The molecule has 128 valence electrons. The monoisotopic (exact) mass is 345 g/mol. The lowest BCUT2D eigenvalue weighted by Gasteiger charge is -2.27.